The molecule has 0 aromatic carbocycles. The minimum atomic E-state index is 0.679. The maximum Gasteiger partial charge on any atom is -0.0303 e. The zero-order chi connectivity index (χ0) is 7.61. The Labute approximate surface area is 65.0 Å². The Balaban J connectivity index is 2.54. The zero-order valence-electron chi connectivity index (χ0n) is 7.61. The van der Waals surface area contributed by atoms with Crippen molar-refractivity contribution in [2.75, 3.05) is 0 Å². The molecule has 1 rings (SSSR count). The molecule has 0 aliphatic heterocycles. The van der Waals surface area contributed by atoms with E-state index in [1.807, 2.05) is 0 Å². The third kappa shape index (κ3) is 1.36. The van der Waals surface area contributed by atoms with Gasteiger partial charge in [0.15, 0.2) is 0 Å². The van der Waals surface area contributed by atoms with Crippen molar-refractivity contribution in [3.8, 4) is 0 Å². The van der Waals surface area contributed by atoms with Gasteiger partial charge in [-0.05, 0) is 17.8 Å². The Morgan fingerprint density at radius 2 is 2.10 bits per heavy atom. The van der Waals surface area contributed by atoms with Gasteiger partial charge in [-0.3, -0.25) is 0 Å². The smallest absolute Gasteiger partial charge is 0.0303 e. The lowest BCUT2D eigenvalue weighted by atomic mass is 9.67. The van der Waals surface area contributed by atoms with Gasteiger partial charge in [-0.25, -0.2) is 0 Å². The summed E-state index contributed by atoms with van der Waals surface area (Å²) in [7, 11) is 0. The van der Waals surface area contributed by atoms with E-state index >= 15 is 0 Å². The van der Waals surface area contributed by atoms with Crippen LogP contribution in [0.25, 0.3) is 0 Å². The van der Waals surface area contributed by atoms with Gasteiger partial charge in [0.05, 0.1) is 0 Å². The molecule has 0 heteroatoms. The second kappa shape index (κ2) is 2.94. The summed E-state index contributed by atoms with van der Waals surface area (Å²) in [6, 6.07) is 0. The SMILES string of the molecule is CC[C@@]1(C)CCCC[C@@H]1C. The van der Waals surface area contributed by atoms with Crippen LogP contribution in [0.2, 0.25) is 0 Å². The first-order valence-electron chi connectivity index (χ1n) is 4.69. The molecule has 0 unspecified atom stereocenters. The Morgan fingerprint density at radius 1 is 1.40 bits per heavy atom. The average molecular weight is 140 g/mol. The molecule has 1 aliphatic rings. The highest BCUT2D eigenvalue weighted by Crippen LogP contribution is 2.42. The molecular formula is C10H20. The van der Waals surface area contributed by atoms with Crippen LogP contribution in [0.3, 0.4) is 0 Å². The maximum atomic E-state index is 2.46. The zero-order valence-corrected chi connectivity index (χ0v) is 7.61. The summed E-state index contributed by atoms with van der Waals surface area (Å²) < 4.78 is 0. The van der Waals surface area contributed by atoms with E-state index in [1.165, 1.54) is 32.1 Å². The Kier molecular flexibility index (Phi) is 2.38. The van der Waals surface area contributed by atoms with E-state index < -0.39 is 0 Å². The first kappa shape index (κ1) is 8.10. The van der Waals surface area contributed by atoms with Crippen LogP contribution in [-0.2, 0) is 0 Å². The number of hydrogen-bond acceptors (Lipinski definition) is 0. The lowest BCUT2D eigenvalue weighted by Crippen LogP contribution is -2.27. The quantitative estimate of drug-likeness (QED) is 0.522. The van der Waals surface area contributed by atoms with Crippen LogP contribution in [0.1, 0.15) is 52.9 Å². The van der Waals surface area contributed by atoms with Crippen molar-refractivity contribution in [3.63, 3.8) is 0 Å². The molecule has 0 aromatic rings. The Bertz CT molecular complexity index is 107. The van der Waals surface area contributed by atoms with E-state index in [1.54, 1.807) is 0 Å². The fourth-order valence-electron chi connectivity index (χ4n) is 2.10. The summed E-state index contributed by atoms with van der Waals surface area (Å²) in [5.74, 6) is 0.964. The average Bonchev–Trinajstić information content (AvgIpc) is 1.96. The van der Waals surface area contributed by atoms with Gasteiger partial charge in [-0.1, -0.05) is 46.5 Å². The van der Waals surface area contributed by atoms with Gasteiger partial charge >= 0.3 is 0 Å². The Morgan fingerprint density at radius 3 is 2.50 bits per heavy atom. The number of hydrogen-bond donors (Lipinski definition) is 0. The van der Waals surface area contributed by atoms with Crippen molar-refractivity contribution in [2.24, 2.45) is 11.3 Å². The standard InChI is InChI=1S/C10H20/c1-4-10(3)8-6-5-7-9(10)2/h9H,4-8H2,1-3H3/t9-,10-/m0/s1. The molecule has 0 heterocycles. The fraction of sp³-hybridized carbons (Fsp3) is 1.00. The summed E-state index contributed by atoms with van der Waals surface area (Å²) in [5, 5.41) is 0. The summed E-state index contributed by atoms with van der Waals surface area (Å²) in [5.41, 5.74) is 0.679. The van der Waals surface area contributed by atoms with Crippen molar-refractivity contribution < 1.29 is 0 Å². The van der Waals surface area contributed by atoms with Crippen LogP contribution in [0.15, 0.2) is 0 Å². The second-order valence-corrected chi connectivity index (χ2v) is 4.15. The molecule has 10 heavy (non-hydrogen) atoms. The van der Waals surface area contributed by atoms with E-state index in [2.05, 4.69) is 20.8 Å². The van der Waals surface area contributed by atoms with Crippen LogP contribution in [0.4, 0.5) is 0 Å². The third-order valence-corrected chi connectivity index (χ3v) is 3.63. The van der Waals surface area contributed by atoms with Crippen LogP contribution in [-0.4, -0.2) is 0 Å². The van der Waals surface area contributed by atoms with E-state index in [-0.39, 0.29) is 0 Å². The highest BCUT2D eigenvalue weighted by molar-refractivity contribution is 4.82. The van der Waals surface area contributed by atoms with E-state index in [9.17, 15) is 0 Å². The molecule has 0 radical (unpaired) electrons. The summed E-state index contributed by atoms with van der Waals surface area (Å²) in [6.07, 6.45) is 7.23. The van der Waals surface area contributed by atoms with Gasteiger partial charge in [0.2, 0.25) is 0 Å². The summed E-state index contributed by atoms with van der Waals surface area (Å²) in [4.78, 5) is 0. The van der Waals surface area contributed by atoms with Gasteiger partial charge in [-0.2, -0.15) is 0 Å². The Hall–Kier alpha value is 0. The van der Waals surface area contributed by atoms with E-state index in [0.717, 1.165) is 5.92 Å². The van der Waals surface area contributed by atoms with Crippen molar-refractivity contribution in [2.45, 2.75) is 52.9 Å². The fourth-order valence-corrected chi connectivity index (χ4v) is 2.10. The predicted molar refractivity (Wildman–Crippen MR) is 46.0 cm³/mol. The summed E-state index contributed by atoms with van der Waals surface area (Å²) >= 11 is 0. The molecule has 0 saturated heterocycles. The molecule has 0 spiro atoms. The van der Waals surface area contributed by atoms with Crippen molar-refractivity contribution in [3.05, 3.63) is 0 Å². The molecule has 0 aromatic heterocycles. The second-order valence-electron chi connectivity index (χ2n) is 4.15. The minimum absolute atomic E-state index is 0.679. The summed E-state index contributed by atoms with van der Waals surface area (Å²) in [6.45, 7) is 7.21. The minimum Gasteiger partial charge on any atom is -0.0649 e. The largest absolute Gasteiger partial charge is 0.0649 e. The van der Waals surface area contributed by atoms with Crippen LogP contribution in [0.5, 0.6) is 0 Å². The molecule has 1 fully saturated rings. The van der Waals surface area contributed by atoms with Crippen LogP contribution in [0, 0.1) is 11.3 Å². The molecule has 0 N–H and O–H groups in total. The van der Waals surface area contributed by atoms with Crippen molar-refractivity contribution in [1.82, 2.24) is 0 Å². The first-order valence-corrected chi connectivity index (χ1v) is 4.69. The van der Waals surface area contributed by atoms with Crippen molar-refractivity contribution >= 4 is 0 Å². The van der Waals surface area contributed by atoms with Gasteiger partial charge < -0.3 is 0 Å². The van der Waals surface area contributed by atoms with Gasteiger partial charge in [-0.15, -0.1) is 0 Å². The van der Waals surface area contributed by atoms with Crippen molar-refractivity contribution in [1.29, 1.82) is 0 Å². The molecule has 0 amide bonds. The van der Waals surface area contributed by atoms with Crippen LogP contribution >= 0.6 is 0 Å². The lowest BCUT2D eigenvalue weighted by molar-refractivity contribution is 0.125. The molecular weight excluding hydrogens is 120 g/mol. The normalized spacial score (nSPS) is 41.7. The third-order valence-electron chi connectivity index (χ3n) is 3.63. The maximum absolute atomic E-state index is 2.46. The lowest BCUT2D eigenvalue weighted by Gasteiger charge is -2.39. The molecule has 0 nitrogen and oxygen atoms in total. The van der Waals surface area contributed by atoms with Gasteiger partial charge in [0.1, 0.15) is 0 Å². The van der Waals surface area contributed by atoms with E-state index in [0.29, 0.717) is 5.41 Å². The molecule has 1 saturated carbocycles. The molecule has 2 atom stereocenters. The van der Waals surface area contributed by atoms with Crippen LogP contribution < -0.4 is 0 Å². The van der Waals surface area contributed by atoms with Gasteiger partial charge in [0, 0.05) is 0 Å². The molecule has 60 valence electrons. The highest BCUT2D eigenvalue weighted by Gasteiger charge is 2.31. The first-order chi connectivity index (χ1) is 4.69. The predicted octanol–water partition coefficient (Wildman–Crippen LogP) is 3.61. The number of rotatable bonds is 1. The topological polar surface area (TPSA) is 0 Å². The molecule has 0 bridgehead atoms. The molecule has 1 aliphatic carbocycles. The van der Waals surface area contributed by atoms with E-state index in [4.69, 9.17) is 0 Å². The monoisotopic (exact) mass is 140 g/mol. The van der Waals surface area contributed by atoms with Gasteiger partial charge in [0.25, 0.3) is 0 Å². The highest BCUT2D eigenvalue weighted by atomic mass is 14.4.